The van der Waals surface area contributed by atoms with Crippen LogP contribution in [0.25, 0.3) is 10.8 Å². The van der Waals surface area contributed by atoms with Crippen molar-refractivity contribution in [2.75, 3.05) is 7.11 Å². The fourth-order valence-electron chi connectivity index (χ4n) is 2.79. The number of hydrogen-bond acceptors (Lipinski definition) is 7. The highest BCUT2D eigenvalue weighted by Gasteiger charge is 2.30. The predicted molar refractivity (Wildman–Crippen MR) is 81.3 cm³/mol. The second-order valence-corrected chi connectivity index (χ2v) is 5.40. The number of carbonyl (C=O) groups is 3. The van der Waals surface area contributed by atoms with Crippen LogP contribution in [0.2, 0.25) is 0 Å². The van der Waals surface area contributed by atoms with Crippen LogP contribution in [0.3, 0.4) is 0 Å². The molecule has 0 amide bonds. The largest absolute Gasteiger partial charge is 0.469 e. The molecule has 3 rings (SSSR count). The molecule has 0 spiro atoms. The number of rotatable bonds is 4. The van der Waals surface area contributed by atoms with E-state index in [1.807, 2.05) is 0 Å². The van der Waals surface area contributed by atoms with Crippen LogP contribution in [-0.4, -0.2) is 41.3 Å². The second kappa shape index (κ2) is 6.03. The predicted octanol–water partition coefficient (Wildman–Crippen LogP) is 1.11. The first-order valence-corrected chi connectivity index (χ1v) is 7.19. The average Bonchev–Trinajstić information content (AvgIpc) is 2.58. The number of benzene rings is 2. The van der Waals surface area contributed by atoms with Gasteiger partial charge >= 0.3 is 17.9 Å². The molecule has 0 fully saturated rings. The molecule has 2 atom stereocenters. The van der Waals surface area contributed by atoms with Crippen LogP contribution in [0.4, 0.5) is 0 Å². The zero-order chi connectivity index (χ0) is 17.4. The van der Waals surface area contributed by atoms with Crippen LogP contribution >= 0.6 is 0 Å². The van der Waals surface area contributed by atoms with Crippen LogP contribution in [0, 0.1) is 0 Å². The molecule has 24 heavy (non-hydrogen) atoms. The number of cyclic esters (lactones) is 2. The van der Waals surface area contributed by atoms with Crippen LogP contribution in [-0.2, 0) is 14.3 Å². The molecule has 0 radical (unpaired) electrons. The van der Waals surface area contributed by atoms with E-state index in [0.29, 0.717) is 16.3 Å². The maximum absolute atomic E-state index is 11.9. The molecule has 0 bridgehead atoms. The number of aliphatic hydroxyl groups excluding tert-OH is 2. The molecule has 0 saturated carbocycles. The molecule has 7 heteroatoms. The summed E-state index contributed by atoms with van der Waals surface area (Å²) in [5.41, 5.74) is 0.715. The Morgan fingerprint density at radius 3 is 2.46 bits per heavy atom. The van der Waals surface area contributed by atoms with Crippen molar-refractivity contribution >= 4 is 28.7 Å². The summed E-state index contributed by atoms with van der Waals surface area (Å²) in [4.78, 5) is 35.0. The quantitative estimate of drug-likeness (QED) is 0.638. The maximum atomic E-state index is 11.9. The summed E-state index contributed by atoms with van der Waals surface area (Å²) in [7, 11) is 1.18. The highest BCUT2D eigenvalue weighted by atomic mass is 16.6. The highest BCUT2D eigenvalue weighted by Crippen LogP contribution is 2.34. The van der Waals surface area contributed by atoms with Crippen molar-refractivity contribution in [1.29, 1.82) is 0 Å². The first kappa shape index (κ1) is 16.1. The van der Waals surface area contributed by atoms with Gasteiger partial charge in [-0.05, 0) is 23.1 Å². The van der Waals surface area contributed by atoms with Crippen molar-refractivity contribution in [3.63, 3.8) is 0 Å². The average molecular weight is 330 g/mol. The summed E-state index contributed by atoms with van der Waals surface area (Å²) in [5.74, 6) is -2.19. The van der Waals surface area contributed by atoms with Gasteiger partial charge in [-0.15, -0.1) is 0 Å². The molecule has 2 aromatic rings. The van der Waals surface area contributed by atoms with E-state index in [-0.39, 0.29) is 17.5 Å². The Balaban J connectivity index is 2.12. The third kappa shape index (κ3) is 2.53. The topological polar surface area (TPSA) is 110 Å². The number of carbonyl (C=O) groups excluding carboxylic acids is 3. The van der Waals surface area contributed by atoms with Crippen LogP contribution < -0.4 is 0 Å². The molecular formula is C17H14O7. The Hall–Kier alpha value is -2.77. The van der Waals surface area contributed by atoms with Crippen molar-refractivity contribution in [2.24, 2.45) is 0 Å². The Labute approximate surface area is 136 Å². The molecule has 0 aromatic heterocycles. The standard InChI is InChI=1S/C17H14O7/c1-23-13(19)7-12(18)15(20)9-5-6-11-14-8(9)3-2-4-10(14)16(21)24-17(11)22/h2-6,12,15,18,20H,7H2,1H3. The van der Waals surface area contributed by atoms with E-state index in [0.717, 1.165) is 0 Å². The Morgan fingerprint density at radius 2 is 1.79 bits per heavy atom. The lowest BCUT2D eigenvalue weighted by Gasteiger charge is -2.22. The molecule has 2 aromatic carbocycles. The van der Waals surface area contributed by atoms with Gasteiger partial charge in [-0.25, -0.2) is 9.59 Å². The lowest BCUT2D eigenvalue weighted by atomic mass is 9.90. The zero-order valence-corrected chi connectivity index (χ0v) is 12.7. The van der Waals surface area contributed by atoms with Crippen molar-refractivity contribution in [3.8, 4) is 0 Å². The number of methoxy groups -OCH3 is 1. The van der Waals surface area contributed by atoms with Gasteiger partial charge in [-0.3, -0.25) is 4.79 Å². The Bertz CT molecular complexity index is 835. The maximum Gasteiger partial charge on any atom is 0.346 e. The molecule has 2 N–H and O–H groups in total. The van der Waals surface area contributed by atoms with E-state index >= 15 is 0 Å². The van der Waals surface area contributed by atoms with Crippen LogP contribution in [0.1, 0.15) is 38.8 Å². The minimum absolute atomic E-state index is 0.207. The summed E-state index contributed by atoms with van der Waals surface area (Å²) in [6.07, 6.45) is -3.16. The second-order valence-electron chi connectivity index (χ2n) is 5.40. The number of aliphatic hydroxyl groups is 2. The molecular weight excluding hydrogens is 316 g/mol. The fourth-order valence-corrected chi connectivity index (χ4v) is 2.79. The van der Waals surface area contributed by atoms with Crippen molar-refractivity contribution < 1.29 is 34.1 Å². The minimum atomic E-state index is -1.39. The smallest absolute Gasteiger partial charge is 0.346 e. The number of hydrogen-bond donors (Lipinski definition) is 2. The first-order chi connectivity index (χ1) is 11.4. The van der Waals surface area contributed by atoms with E-state index in [9.17, 15) is 24.6 Å². The third-order valence-electron chi connectivity index (χ3n) is 3.99. The zero-order valence-electron chi connectivity index (χ0n) is 12.7. The van der Waals surface area contributed by atoms with Crippen molar-refractivity contribution in [2.45, 2.75) is 18.6 Å². The normalized spacial score (nSPS) is 15.8. The van der Waals surface area contributed by atoms with Gasteiger partial charge in [0.25, 0.3) is 0 Å². The molecule has 7 nitrogen and oxygen atoms in total. The number of ether oxygens (including phenoxy) is 2. The lowest BCUT2D eigenvalue weighted by Crippen LogP contribution is -2.24. The van der Waals surface area contributed by atoms with Gasteiger partial charge in [0, 0.05) is 5.39 Å². The van der Waals surface area contributed by atoms with Gasteiger partial charge in [0.2, 0.25) is 0 Å². The van der Waals surface area contributed by atoms with Crippen LogP contribution in [0.5, 0.6) is 0 Å². The molecule has 1 heterocycles. The van der Waals surface area contributed by atoms with Gasteiger partial charge in [0.15, 0.2) is 0 Å². The minimum Gasteiger partial charge on any atom is -0.469 e. The summed E-state index contributed by atoms with van der Waals surface area (Å²) in [5, 5.41) is 21.2. The van der Waals surface area contributed by atoms with Crippen LogP contribution in [0.15, 0.2) is 30.3 Å². The van der Waals surface area contributed by atoms with Gasteiger partial charge in [0.1, 0.15) is 6.10 Å². The van der Waals surface area contributed by atoms with E-state index in [1.165, 1.54) is 25.3 Å². The summed E-state index contributed by atoms with van der Waals surface area (Å²) in [6, 6.07) is 7.61. The Morgan fingerprint density at radius 1 is 1.12 bits per heavy atom. The molecule has 1 aliphatic heterocycles. The molecule has 2 unspecified atom stereocenters. The van der Waals surface area contributed by atoms with Gasteiger partial charge in [-0.2, -0.15) is 0 Å². The van der Waals surface area contributed by atoms with Gasteiger partial charge in [0.05, 0.1) is 30.8 Å². The third-order valence-corrected chi connectivity index (χ3v) is 3.99. The van der Waals surface area contributed by atoms with E-state index < -0.39 is 30.1 Å². The summed E-state index contributed by atoms with van der Waals surface area (Å²) < 4.78 is 9.14. The summed E-state index contributed by atoms with van der Waals surface area (Å²) >= 11 is 0. The van der Waals surface area contributed by atoms with Gasteiger partial charge < -0.3 is 19.7 Å². The van der Waals surface area contributed by atoms with E-state index in [4.69, 9.17) is 0 Å². The molecule has 0 saturated heterocycles. The van der Waals surface area contributed by atoms with E-state index in [2.05, 4.69) is 9.47 Å². The molecule has 124 valence electrons. The van der Waals surface area contributed by atoms with Gasteiger partial charge in [-0.1, -0.05) is 18.2 Å². The van der Waals surface area contributed by atoms with E-state index in [1.54, 1.807) is 12.1 Å². The SMILES string of the molecule is COC(=O)CC(O)C(O)c1ccc2c3c(cccc13)C(=O)OC2=O. The Kier molecular flexibility index (Phi) is 4.04. The van der Waals surface area contributed by atoms with Crippen molar-refractivity contribution in [1.82, 2.24) is 0 Å². The summed E-state index contributed by atoms with van der Waals surface area (Å²) in [6.45, 7) is 0. The highest BCUT2D eigenvalue weighted by molar-refractivity contribution is 6.21. The lowest BCUT2D eigenvalue weighted by molar-refractivity contribution is -0.144. The van der Waals surface area contributed by atoms with Crippen molar-refractivity contribution in [3.05, 3.63) is 47.0 Å². The number of esters is 3. The first-order valence-electron chi connectivity index (χ1n) is 7.19. The fraction of sp³-hybridized carbons (Fsp3) is 0.235. The molecule has 1 aliphatic rings. The monoisotopic (exact) mass is 330 g/mol. The molecule has 0 aliphatic carbocycles.